The molecule has 0 atom stereocenters. The summed E-state index contributed by atoms with van der Waals surface area (Å²) in [5.74, 6) is 1.20. The molecule has 1 amide bonds. The molecule has 0 bridgehead atoms. The fraction of sp³-hybridized carbons (Fsp3) is 0.208. The molecule has 0 radical (unpaired) electrons. The van der Waals surface area contributed by atoms with Gasteiger partial charge in [-0.3, -0.25) is 9.10 Å². The zero-order valence-electron chi connectivity index (χ0n) is 18.3. The Bertz CT molecular complexity index is 1240. The van der Waals surface area contributed by atoms with Crippen LogP contribution < -0.4 is 23.8 Å². The molecule has 1 heterocycles. The third kappa shape index (κ3) is 5.04. The summed E-state index contributed by atoms with van der Waals surface area (Å²) in [7, 11) is -2.48. The van der Waals surface area contributed by atoms with Crippen LogP contribution in [-0.4, -0.2) is 41.2 Å². The fourth-order valence-corrected chi connectivity index (χ4v) is 4.77. The van der Waals surface area contributed by atoms with Crippen LogP contribution in [0, 0.1) is 6.92 Å². The van der Waals surface area contributed by atoms with Crippen LogP contribution in [0.2, 0.25) is 0 Å². The van der Waals surface area contributed by atoms with Crippen molar-refractivity contribution in [1.82, 2.24) is 0 Å². The second-order valence-corrected chi connectivity index (χ2v) is 9.29. The standard InChI is InChI=1S/C24H24N2O6S/c1-17-3-10-21(11-4-17)33(28,29)26(19-6-8-20(30-2)9-7-19)16-24(27)25-18-5-12-22-23(15-18)32-14-13-31-22/h3-12,15H,13-14,16H2,1-2H3,(H,25,27). The molecule has 0 aromatic heterocycles. The lowest BCUT2D eigenvalue weighted by Crippen LogP contribution is -2.38. The molecule has 0 saturated heterocycles. The zero-order chi connectivity index (χ0) is 23.4. The molecule has 0 saturated carbocycles. The van der Waals surface area contributed by atoms with Crippen molar-refractivity contribution in [3.63, 3.8) is 0 Å². The number of methoxy groups -OCH3 is 1. The Hall–Kier alpha value is -3.72. The second-order valence-electron chi connectivity index (χ2n) is 7.43. The number of hydrogen-bond acceptors (Lipinski definition) is 6. The van der Waals surface area contributed by atoms with Gasteiger partial charge in [0.1, 0.15) is 25.5 Å². The van der Waals surface area contributed by atoms with Crippen molar-refractivity contribution in [2.24, 2.45) is 0 Å². The molecule has 0 aliphatic carbocycles. The predicted octanol–water partition coefficient (Wildman–Crippen LogP) is 3.61. The maximum absolute atomic E-state index is 13.5. The van der Waals surface area contributed by atoms with E-state index >= 15 is 0 Å². The van der Waals surface area contributed by atoms with Crippen molar-refractivity contribution >= 4 is 27.3 Å². The van der Waals surface area contributed by atoms with Gasteiger partial charge in [-0.25, -0.2) is 8.42 Å². The van der Waals surface area contributed by atoms with Gasteiger partial charge in [-0.2, -0.15) is 0 Å². The normalized spacial score (nSPS) is 12.7. The van der Waals surface area contributed by atoms with Crippen molar-refractivity contribution in [3.05, 3.63) is 72.3 Å². The first-order valence-electron chi connectivity index (χ1n) is 10.3. The van der Waals surface area contributed by atoms with E-state index in [2.05, 4.69) is 5.32 Å². The number of nitrogens with one attached hydrogen (secondary N) is 1. The first-order valence-corrected chi connectivity index (χ1v) is 11.7. The molecule has 3 aromatic rings. The molecule has 4 rings (SSSR count). The van der Waals surface area contributed by atoms with Gasteiger partial charge in [-0.15, -0.1) is 0 Å². The molecular formula is C24H24N2O6S. The summed E-state index contributed by atoms with van der Waals surface area (Å²) < 4.78 is 44.2. The molecule has 1 N–H and O–H groups in total. The monoisotopic (exact) mass is 468 g/mol. The average Bonchev–Trinajstić information content (AvgIpc) is 2.83. The molecule has 0 unspecified atom stereocenters. The molecular weight excluding hydrogens is 444 g/mol. The van der Waals surface area contributed by atoms with E-state index in [4.69, 9.17) is 14.2 Å². The summed E-state index contributed by atoms with van der Waals surface area (Å²) in [4.78, 5) is 13.0. The number of hydrogen-bond donors (Lipinski definition) is 1. The lowest BCUT2D eigenvalue weighted by Gasteiger charge is -2.24. The van der Waals surface area contributed by atoms with Crippen molar-refractivity contribution in [2.75, 3.05) is 36.5 Å². The van der Waals surface area contributed by atoms with Gasteiger partial charge in [-0.05, 0) is 55.5 Å². The highest BCUT2D eigenvalue weighted by Crippen LogP contribution is 2.33. The van der Waals surface area contributed by atoms with Crippen LogP contribution in [0.1, 0.15) is 5.56 Å². The van der Waals surface area contributed by atoms with Gasteiger partial charge in [0, 0.05) is 11.8 Å². The lowest BCUT2D eigenvalue weighted by molar-refractivity contribution is -0.114. The van der Waals surface area contributed by atoms with Crippen LogP contribution in [0.4, 0.5) is 11.4 Å². The number of nitrogens with zero attached hydrogens (tertiary/aromatic N) is 1. The molecule has 8 nitrogen and oxygen atoms in total. The van der Waals surface area contributed by atoms with Gasteiger partial charge in [0.15, 0.2) is 11.5 Å². The fourth-order valence-electron chi connectivity index (χ4n) is 3.35. The summed E-state index contributed by atoms with van der Waals surface area (Å²) >= 11 is 0. The quantitative estimate of drug-likeness (QED) is 0.569. The summed E-state index contributed by atoms with van der Waals surface area (Å²) in [5.41, 5.74) is 1.75. The first-order chi connectivity index (χ1) is 15.9. The predicted molar refractivity (Wildman–Crippen MR) is 125 cm³/mol. The van der Waals surface area contributed by atoms with E-state index in [0.29, 0.717) is 41.8 Å². The number of amides is 1. The topological polar surface area (TPSA) is 94.2 Å². The van der Waals surface area contributed by atoms with Crippen LogP contribution >= 0.6 is 0 Å². The molecule has 33 heavy (non-hydrogen) atoms. The smallest absolute Gasteiger partial charge is 0.264 e. The third-order valence-electron chi connectivity index (χ3n) is 5.08. The van der Waals surface area contributed by atoms with Crippen molar-refractivity contribution in [1.29, 1.82) is 0 Å². The van der Waals surface area contributed by atoms with Crippen LogP contribution in [0.25, 0.3) is 0 Å². The Balaban J connectivity index is 1.61. The zero-order valence-corrected chi connectivity index (χ0v) is 19.1. The van der Waals surface area contributed by atoms with E-state index in [-0.39, 0.29) is 4.90 Å². The SMILES string of the molecule is COc1ccc(N(CC(=O)Nc2ccc3c(c2)OCCO3)S(=O)(=O)c2ccc(C)cc2)cc1. The Morgan fingerprint density at radius 2 is 1.64 bits per heavy atom. The number of rotatable bonds is 7. The number of carbonyl (C=O) groups is 1. The number of carbonyl (C=O) groups excluding carboxylic acids is 1. The summed E-state index contributed by atoms with van der Waals surface area (Å²) in [6.07, 6.45) is 0. The van der Waals surface area contributed by atoms with E-state index in [1.807, 2.05) is 6.92 Å². The minimum Gasteiger partial charge on any atom is -0.497 e. The van der Waals surface area contributed by atoms with E-state index in [1.165, 1.54) is 19.2 Å². The minimum atomic E-state index is -4.01. The molecule has 1 aliphatic rings. The number of fused-ring (bicyclic) bond motifs is 1. The Morgan fingerprint density at radius 1 is 0.970 bits per heavy atom. The van der Waals surface area contributed by atoms with Crippen LogP contribution in [0.5, 0.6) is 17.2 Å². The molecule has 0 fully saturated rings. The molecule has 3 aromatic carbocycles. The highest BCUT2D eigenvalue weighted by molar-refractivity contribution is 7.92. The van der Waals surface area contributed by atoms with E-state index in [9.17, 15) is 13.2 Å². The average molecular weight is 469 g/mol. The van der Waals surface area contributed by atoms with Gasteiger partial charge in [0.05, 0.1) is 17.7 Å². The van der Waals surface area contributed by atoms with Crippen LogP contribution in [0.3, 0.4) is 0 Å². The minimum absolute atomic E-state index is 0.0936. The summed E-state index contributed by atoms with van der Waals surface area (Å²) in [5, 5.41) is 2.74. The maximum atomic E-state index is 13.5. The van der Waals surface area contributed by atoms with E-state index in [1.54, 1.807) is 54.6 Å². The van der Waals surface area contributed by atoms with Gasteiger partial charge >= 0.3 is 0 Å². The van der Waals surface area contributed by atoms with Gasteiger partial charge in [0.2, 0.25) is 5.91 Å². The maximum Gasteiger partial charge on any atom is 0.264 e. The Kier molecular flexibility index (Phi) is 6.41. The van der Waals surface area contributed by atoms with Crippen molar-refractivity contribution < 1.29 is 27.4 Å². The first kappa shape index (κ1) is 22.5. The number of benzene rings is 3. The molecule has 1 aliphatic heterocycles. The molecule has 9 heteroatoms. The second kappa shape index (κ2) is 9.41. The van der Waals surface area contributed by atoms with Crippen molar-refractivity contribution in [2.45, 2.75) is 11.8 Å². The number of sulfonamides is 1. The lowest BCUT2D eigenvalue weighted by atomic mass is 10.2. The summed E-state index contributed by atoms with van der Waals surface area (Å²) in [6.45, 7) is 2.34. The highest BCUT2D eigenvalue weighted by Gasteiger charge is 2.27. The van der Waals surface area contributed by atoms with Gasteiger partial charge in [-0.1, -0.05) is 17.7 Å². The number of anilines is 2. The van der Waals surface area contributed by atoms with Gasteiger partial charge in [0.25, 0.3) is 10.0 Å². The van der Waals surface area contributed by atoms with Crippen molar-refractivity contribution in [3.8, 4) is 17.2 Å². The third-order valence-corrected chi connectivity index (χ3v) is 6.87. The largest absolute Gasteiger partial charge is 0.497 e. The van der Waals surface area contributed by atoms with Crippen LogP contribution in [0.15, 0.2) is 71.6 Å². The number of aryl methyl sites for hydroxylation is 1. The highest BCUT2D eigenvalue weighted by atomic mass is 32.2. The number of ether oxygens (including phenoxy) is 3. The summed E-state index contributed by atoms with van der Waals surface area (Å²) in [6, 6.07) is 18.0. The van der Waals surface area contributed by atoms with E-state index < -0.39 is 22.5 Å². The molecule has 172 valence electrons. The molecule has 0 spiro atoms. The van der Waals surface area contributed by atoms with Gasteiger partial charge < -0.3 is 19.5 Å². The Morgan fingerprint density at radius 3 is 2.30 bits per heavy atom. The van der Waals surface area contributed by atoms with E-state index in [0.717, 1.165) is 9.87 Å². The Labute approximate surface area is 192 Å². The van der Waals surface area contributed by atoms with Crippen LogP contribution in [-0.2, 0) is 14.8 Å².